The van der Waals surface area contributed by atoms with Gasteiger partial charge >= 0.3 is 12.2 Å². The SMILES string of the molecule is CCCCCCOC(=O)Nc1ccc(Cc2ccc(NC(=O)OCCCCCI)cc2)cc1. The molecule has 0 atom stereocenters. The van der Waals surface area contributed by atoms with E-state index in [9.17, 15) is 9.59 Å². The number of hydrogen-bond donors (Lipinski definition) is 2. The van der Waals surface area contributed by atoms with Crippen LogP contribution >= 0.6 is 22.6 Å². The number of rotatable bonds is 14. The summed E-state index contributed by atoms with van der Waals surface area (Å²) in [6, 6.07) is 15.4. The van der Waals surface area contributed by atoms with E-state index in [1.165, 1.54) is 0 Å². The van der Waals surface area contributed by atoms with Crippen molar-refractivity contribution in [1.29, 1.82) is 0 Å². The molecule has 2 aromatic carbocycles. The zero-order valence-corrected chi connectivity index (χ0v) is 21.6. The molecule has 0 bridgehead atoms. The lowest BCUT2D eigenvalue weighted by atomic mass is 10.0. The number of carbonyl (C=O) groups excluding carboxylic acids is 2. The number of carbonyl (C=O) groups is 2. The maximum Gasteiger partial charge on any atom is 0.411 e. The van der Waals surface area contributed by atoms with Gasteiger partial charge < -0.3 is 9.47 Å². The van der Waals surface area contributed by atoms with Crippen LogP contribution in [0.1, 0.15) is 63.0 Å². The van der Waals surface area contributed by atoms with Gasteiger partial charge in [0.05, 0.1) is 13.2 Å². The van der Waals surface area contributed by atoms with Crippen molar-refractivity contribution in [2.24, 2.45) is 0 Å². The second-order valence-corrected chi connectivity index (χ2v) is 8.98. The van der Waals surface area contributed by atoms with Gasteiger partial charge in [-0.05, 0) is 71.9 Å². The summed E-state index contributed by atoms with van der Waals surface area (Å²) < 4.78 is 11.5. The van der Waals surface area contributed by atoms with Gasteiger partial charge in [-0.15, -0.1) is 0 Å². The lowest BCUT2D eigenvalue weighted by molar-refractivity contribution is 0.158. The first-order chi connectivity index (χ1) is 16.1. The molecule has 0 radical (unpaired) electrons. The molecule has 2 aromatic rings. The third-order valence-corrected chi connectivity index (χ3v) is 5.81. The van der Waals surface area contributed by atoms with E-state index >= 15 is 0 Å². The summed E-state index contributed by atoms with van der Waals surface area (Å²) in [5, 5.41) is 5.52. The monoisotopic (exact) mass is 566 g/mol. The van der Waals surface area contributed by atoms with Crippen molar-refractivity contribution >= 4 is 46.2 Å². The smallest absolute Gasteiger partial charge is 0.411 e. The van der Waals surface area contributed by atoms with Gasteiger partial charge in [0.25, 0.3) is 0 Å². The molecule has 2 rings (SSSR count). The number of hydrogen-bond acceptors (Lipinski definition) is 4. The molecule has 6 nitrogen and oxygen atoms in total. The number of halogens is 1. The Bertz CT molecular complexity index is 756. The van der Waals surface area contributed by atoms with Crippen molar-refractivity contribution in [1.82, 2.24) is 0 Å². The van der Waals surface area contributed by atoms with Gasteiger partial charge in [-0.25, -0.2) is 9.59 Å². The topological polar surface area (TPSA) is 76.7 Å². The van der Waals surface area contributed by atoms with Gasteiger partial charge in [0.1, 0.15) is 0 Å². The van der Waals surface area contributed by atoms with Crippen LogP contribution in [-0.2, 0) is 15.9 Å². The van der Waals surface area contributed by atoms with Crippen molar-refractivity contribution < 1.29 is 19.1 Å². The highest BCUT2D eigenvalue weighted by Crippen LogP contribution is 2.16. The van der Waals surface area contributed by atoms with Crippen molar-refractivity contribution in [3.63, 3.8) is 0 Å². The normalized spacial score (nSPS) is 10.5. The number of benzene rings is 2. The van der Waals surface area contributed by atoms with E-state index in [4.69, 9.17) is 9.47 Å². The Kier molecular flexibility index (Phi) is 13.4. The van der Waals surface area contributed by atoms with E-state index in [1.807, 2.05) is 48.5 Å². The molecule has 0 saturated carbocycles. The summed E-state index contributed by atoms with van der Waals surface area (Å²) in [5.74, 6) is 0. The highest BCUT2D eigenvalue weighted by atomic mass is 127. The van der Waals surface area contributed by atoms with Crippen LogP contribution in [0.25, 0.3) is 0 Å². The van der Waals surface area contributed by atoms with Crippen LogP contribution in [0.3, 0.4) is 0 Å². The highest BCUT2D eigenvalue weighted by molar-refractivity contribution is 14.1. The number of amides is 2. The molecule has 0 aliphatic carbocycles. The van der Waals surface area contributed by atoms with Crippen LogP contribution in [0.15, 0.2) is 48.5 Å². The van der Waals surface area contributed by atoms with Crippen LogP contribution in [-0.4, -0.2) is 29.8 Å². The second-order valence-electron chi connectivity index (χ2n) is 7.90. The maximum absolute atomic E-state index is 11.9. The molecular weight excluding hydrogens is 531 g/mol. The first-order valence-corrected chi connectivity index (χ1v) is 13.2. The van der Waals surface area contributed by atoms with Crippen molar-refractivity contribution in [2.75, 3.05) is 28.3 Å². The third kappa shape index (κ3) is 11.9. The maximum atomic E-state index is 11.9. The van der Waals surface area contributed by atoms with E-state index in [0.29, 0.717) is 24.6 Å². The van der Waals surface area contributed by atoms with Gasteiger partial charge in [-0.2, -0.15) is 0 Å². The van der Waals surface area contributed by atoms with Crippen LogP contribution in [0.2, 0.25) is 0 Å². The largest absolute Gasteiger partial charge is 0.449 e. The van der Waals surface area contributed by atoms with E-state index in [1.54, 1.807) is 0 Å². The van der Waals surface area contributed by atoms with Crippen molar-refractivity contribution in [2.45, 2.75) is 58.3 Å². The number of nitrogens with one attached hydrogen (secondary N) is 2. The minimum atomic E-state index is -0.417. The number of unbranched alkanes of at least 4 members (excludes halogenated alkanes) is 5. The molecule has 0 heterocycles. The summed E-state index contributed by atoms with van der Waals surface area (Å²) in [6.45, 7) is 3.05. The first-order valence-electron chi connectivity index (χ1n) is 11.7. The van der Waals surface area contributed by atoms with E-state index in [2.05, 4.69) is 40.1 Å². The average molecular weight is 566 g/mol. The van der Waals surface area contributed by atoms with E-state index in [0.717, 1.165) is 66.9 Å². The Labute approximate surface area is 211 Å². The van der Waals surface area contributed by atoms with Crippen LogP contribution in [0.4, 0.5) is 21.0 Å². The number of anilines is 2. The molecule has 33 heavy (non-hydrogen) atoms. The van der Waals surface area contributed by atoms with Crippen LogP contribution in [0.5, 0.6) is 0 Å². The minimum absolute atomic E-state index is 0.415. The lowest BCUT2D eigenvalue weighted by Gasteiger charge is -2.09. The second kappa shape index (κ2) is 16.3. The average Bonchev–Trinajstić information content (AvgIpc) is 2.81. The summed E-state index contributed by atoms with van der Waals surface area (Å²) in [7, 11) is 0. The lowest BCUT2D eigenvalue weighted by Crippen LogP contribution is -2.14. The Morgan fingerprint density at radius 1 is 0.697 bits per heavy atom. The van der Waals surface area contributed by atoms with Gasteiger partial charge in [-0.3, -0.25) is 10.6 Å². The van der Waals surface area contributed by atoms with Crippen LogP contribution < -0.4 is 10.6 Å². The molecule has 0 aliphatic rings. The molecule has 0 unspecified atom stereocenters. The zero-order chi connectivity index (χ0) is 23.7. The molecule has 0 spiro atoms. The zero-order valence-electron chi connectivity index (χ0n) is 19.4. The molecule has 7 heteroatoms. The highest BCUT2D eigenvalue weighted by Gasteiger charge is 2.05. The predicted molar refractivity (Wildman–Crippen MR) is 143 cm³/mol. The minimum Gasteiger partial charge on any atom is -0.449 e. The Morgan fingerprint density at radius 2 is 1.15 bits per heavy atom. The van der Waals surface area contributed by atoms with E-state index in [-0.39, 0.29) is 0 Å². The van der Waals surface area contributed by atoms with Crippen molar-refractivity contribution in [3.05, 3.63) is 59.7 Å². The van der Waals surface area contributed by atoms with Gasteiger partial charge in [0, 0.05) is 11.4 Å². The molecule has 180 valence electrons. The standard InChI is InChI=1S/C26H35IN2O4/c1-2-3-4-7-18-32-25(30)28-23-13-9-21(10-14-23)20-22-11-15-24(16-12-22)29-26(31)33-19-8-5-6-17-27/h9-16H,2-8,17-20H2,1H3,(H,28,30)(H,29,31). The Hall–Kier alpha value is -2.29. The molecule has 2 amide bonds. The molecule has 0 aromatic heterocycles. The molecule has 0 saturated heterocycles. The van der Waals surface area contributed by atoms with Crippen LogP contribution in [0, 0.1) is 0 Å². The van der Waals surface area contributed by atoms with Crippen molar-refractivity contribution in [3.8, 4) is 0 Å². The number of ether oxygens (including phenoxy) is 2. The molecular formula is C26H35IN2O4. The van der Waals surface area contributed by atoms with Gasteiger partial charge in [0.2, 0.25) is 0 Å². The van der Waals surface area contributed by atoms with E-state index < -0.39 is 12.2 Å². The van der Waals surface area contributed by atoms with Gasteiger partial charge in [-0.1, -0.05) is 73.0 Å². The fourth-order valence-corrected chi connectivity index (χ4v) is 3.73. The Balaban J connectivity index is 1.71. The molecule has 0 aliphatic heterocycles. The quantitative estimate of drug-likeness (QED) is 0.141. The third-order valence-electron chi connectivity index (χ3n) is 5.05. The Morgan fingerprint density at radius 3 is 1.58 bits per heavy atom. The summed E-state index contributed by atoms with van der Waals surface area (Å²) in [6.07, 6.45) is 7.34. The molecule has 0 fully saturated rings. The summed E-state index contributed by atoms with van der Waals surface area (Å²) in [5.41, 5.74) is 3.67. The number of alkyl halides is 1. The fourth-order valence-electron chi connectivity index (χ4n) is 3.19. The predicted octanol–water partition coefficient (Wildman–Crippen LogP) is 7.56. The fraction of sp³-hybridized carbons (Fsp3) is 0.462. The van der Waals surface area contributed by atoms with Gasteiger partial charge in [0.15, 0.2) is 0 Å². The summed E-state index contributed by atoms with van der Waals surface area (Å²) in [4.78, 5) is 23.7. The summed E-state index contributed by atoms with van der Waals surface area (Å²) >= 11 is 2.35. The first kappa shape index (κ1) is 27.0. The molecule has 2 N–H and O–H groups in total.